The standard InChI is InChI=1S/C19H26N4O2/c1-23(2)12-18(13-6-8-16(25-3)9-7-13)21-19(24)14-4-5-15-11-20-22-17(15)10-14/h6-9,11,14,18H,4-5,10,12H2,1-3H3,(H,20,22)(H,21,24). The van der Waals surface area contributed by atoms with Crippen molar-refractivity contribution >= 4 is 5.91 Å². The highest BCUT2D eigenvalue weighted by atomic mass is 16.5. The summed E-state index contributed by atoms with van der Waals surface area (Å²) < 4.78 is 5.22. The summed E-state index contributed by atoms with van der Waals surface area (Å²) in [5.74, 6) is 0.927. The first kappa shape index (κ1) is 17.5. The van der Waals surface area contributed by atoms with Crippen LogP contribution in [-0.4, -0.2) is 48.8 Å². The van der Waals surface area contributed by atoms with E-state index in [2.05, 4.69) is 20.4 Å². The first-order chi connectivity index (χ1) is 12.1. The largest absolute Gasteiger partial charge is 0.497 e. The molecular weight excluding hydrogens is 316 g/mol. The van der Waals surface area contributed by atoms with Crippen molar-refractivity contribution in [1.29, 1.82) is 0 Å². The number of fused-ring (bicyclic) bond motifs is 1. The molecule has 1 aliphatic carbocycles. The van der Waals surface area contributed by atoms with Gasteiger partial charge in [0.1, 0.15) is 5.75 Å². The number of hydrogen-bond acceptors (Lipinski definition) is 4. The van der Waals surface area contributed by atoms with Gasteiger partial charge in [-0.3, -0.25) is 9.89 Å². The van der Waals surface area contributed by atoms with Gasteiger partial charge in [-0.1, -0.05) is 12.1 Å². The third kappa shape index (κ3) is 4.20. The van der Waals surface area contributed by atoms with E-state index in [0.29, 0.717) is 0 Å². The maximum atomic E-state index is 12.8. The van der Waals surface area contributed by atoms with Crippen LogP contribution < -0.4 is 10.1 Å². The molecule has 25 heavy (non-hydrogen) atoms. The van der Waals surface area contributed by atoms with Crippen LogP contribution in [0.25, 0.3) is 0 Å². The Bertz CT molecular complexity index is 708. The Hall–Kier alpha value is -2.34. The fourth-order valence-corrected chi connectivity index (χ4v) is 3.36. The van der Waals surface area contributed by atoms with Crippen LogP contribution in [0.5, 0.6) is 5.75 Å². The van der Waals surface area contributed by atoms with E-state index in [1.807, 2.05) is 44.6 Å². The van der Waals surface area contributed by atoms with E-state index in [1.54, 1.807) is 7.11 Å². The summed E-state index contributed by atoms with van der Waals surface area (Å²) in [5, 5.41) is 10.3. The molecule has 0 saturated carbocycles. The van der Waals surface area contributed by atoms with Crippen molar-refractivity contribution in [3.63, 3.8) is 0 Å². The third-order valence-corrected chi connectivity index (χ3v) is 4.77. The molecule has 6 nitrogen and oxygen atoms in total. The summed E-state index contributed by atoms with van der Waals surface area (Å²) >= 11 is 0. The number of H-pyrrole nitrogens is 1. The van der Waals surface area contributed by atoms with Crippen molar-refractivity contribution in [3.8, 4) is 5.75 Å². The number of nitrogens with one attached hydrogen (secondary N) is 2. The molecule has 0 spiro atoms. The van der Waals surface area contributed by atoms with Gasteiger partial charge >= 0.3 is 0 Å². The highest BCUT2D eigenvalue weighted by Gasteiger charge is 2.27. The maximum absolute atomic E-state index is 12.8. The number of methoxy groups -OCH3 is 1. The van der Waals surface area contributed by atoms with Crippen molar-refractivity contribution < 1.29 is 9.53 Å². The molecule has 0 aliphatic heterocycles. The lowest BCUT2D eigenvalue weighted by Gasteiger charge is -2.27. The summed E-state index contributed by atoms with van der Waals surface area (Å²) in [6.07, 6.45) is 4.38. The van der Waals surface area contributed by atoms with Gasteiger partial charge in [-0.15, -0.1) is 0 Å². The second-order valence-electron chi connectivity index (χ2n) is 6.91. The van der Waals surface area contributed by atoms with Crippen molar-refractivity contribution in [1.82, 2.24) is 20.4 Å². The van der Waals surface area contributed by atoms with Crippen LogP contribution in [0.4, 0.5) is 0 Å². The zero-order chi connectivity index (χ0) is 17.8. The first-order valence-corrected chi connectivity index (χ1v) is 8.67. The molecule has 6 heteroatoms. The molecular formula is C19H26N4O2. The molecule has 1 aliphatic rings. The predicted octanol–water partition coefficient (Wildman–Crippen LogP) is 1.94. The number of aromatic amines is 1. The number of hydrogen-bond donors (Lipinski definition) is 2. The maximum Gasteiger partial charge on any atom is 0.224 e. The monoisotopic (exact) mass is 342 g/mol. The Kier molecular flexibility index (Phi) is 5.38. The van der Waals surface area contributed by atoms with Crippen LogP contribution in [0.1, 0.15) is 29.3 Å². The lowest BCUT2D eigenvalue weighted by Crippen LogP contribution is -2.40. The van der Waals surface area contributed by atoms with Gasteiger partial charge < -0.3 is 15.0 Å². The van der Waals surface area contributed by atoms with E-state index in [1.165, 1.54) is 5.56 Å². The summed E-state index contributed by atoms with van der Waals surface area (Å²) in [4.78, 5) is 14.9. The van der Waals surface area contributed by atoms with Crippen LogP contribution in [-0.2, 0) is 17.6 Å². The quantitative estimate of drug-likeness (QED) is 0.842. The Balaban J connectivity index is 1.70. The van der Waals surface area contributed by atoms with Crippen LogP contribution in [0.2, 0.25) is 0 Å². The minimum absolute atomic E-state index is 0.00383. The van der Waals surface area contributed by atoms with Crippen LogP contribution in [0.15, 0.2) is 30.5 Å². The van der Waals surface area contributed by atoms with Crippen molar-refractivity contribution in [2.75, 3.05) is 27.7 Å². The summed E-state index contributed by atoms with van der Waals surface area (Å²) in [7, 11) is 5.68. The molecule has 134 valence electrons. The van der Waals surface area contributed by atoms with Gasteiger partial charge in [0.25, 0.3) is 0 Å². The normalized spacial score (nSPS) is 17.8. The number of amides is 1. The van der Waals surface area contributed by atoms with E-state index in [4.69, 9.17) is 4.74 Å². The van der Waals surface area contributed by atoms with Gasteiger partial charge in [-0.2, -0.15) is 5.10 Å². The van der Waals surface area contributed by atoms with E-state index in [9.17, 15) is 4.79 Å². The van der Waals surface area contributed by atoms with Gasteiger partial charge in [0.2, 0.25) is 5.91 Å². The highest BCUT2D eigenvalue weighted by molar-refractivity contribution is 5.79. The fourth-order valence-electron chi connectivity index (χ4n) is 3.36. The number of carbonyl (C=O) groups excluding carboxylic acids is 1. The van der Waals surface area contributed by atoms with Crippen LogP contribution >= 0.6 is 0 Å². The Morgan fingerprint density at radius 1 is 1.40 bits per heavy atom. The Morgan fingerprint density at radius 3 is 2.84 bits per heavy atom. The smallest absolute Gasteiger partial charge is 0.224 e. The van der Waals surface area contributed by atoms with E-state index in [0.717, 1.165) is 42.8 Å². The molecule has 1 heterocycles. The Labute approximate surface area is 148 Å². The minimum atomic E-state index is -0.0448. The molecule has 0 bridgehead atoms. The molecule has 2 atom stereocenters. The average molecular weight is 342 g/mol. The third-order valence-electron chi connectivity index (χ3n) is 4.77. The number of benzene rings is 1. The van der Waals surface area contributed by atoms with E-state index >= 15 is 0 Å². The molecule has 0 radical (unpaired) electrons. The van der Waals surface area contributed by atoms with Crippen molar-refractivity contribution in [2.24, 2.45) is 5.92 Å². The number of aryl methyl sites for hydroxylation is 1. The highest BCUT2D eigenvalue weighted by Crippen LogP contribution is 2.25. The summed E-state index contributed by atoms with van der Waals surface area (Å²) in [5.41, 5.74) is 3.42. The zero-order valence-electron chi connectivity index (χ0n) is 15.1. The number of rotatable bonds is 6. The van der Waals surface area contributed by atoms with Gasteiger partial charge in [0, 0.05) is 24.6 Å². The van der Waals surface area contributed by atoms with Gasteiger partial charge in [0.05, 0.1) is 19.3 Å². The van der Waals surface area contributed by atoms with Gasteiger partial charge in [0.15, 0.2) is 0 Å². The lowest BCUT2D eigenvalue weighted by molar-refractivity contribution is -0.126. The van der Waals surface area contributed by atoms with E-state index < -0.39 is 0 Å². The van der Waals surface area contributed by atoms with Gasteiger partial charge in [-0.05, 0) is 50.2 Å². The zero-order valence-corrected chi connectivity index (χ0v) is 15.1. The van der Waals surface area contributed by atoms with Gasteiger partial charge in [-0.25, -0.2) is 0 Å². The van der Waals surface area contributed by atoms with Crippen LogP contribution in [0.3, 0.4) is 0 Å². The molecule has 1 amide bonds. The second kappa shape index (κ2) is 7.70. The topological polar surface area (TPSA) is 70.2 Å². The lowest BCUT2D eigenvalue weighted by atomic mass is 9.87. The SMILES string of the molecule is COc1ccc(C(CN(C)C)NC(=O)C2CCc3cn[nH]c3C2)cc1. The number of ether oxygens (including phenoxy) is 1. The first-order valence-electron chi connectivity index (χ1n) is 8.67. The minimum Gasteiger partial charge on any atom is -0.497 e. The molecule has 2 N–H and O–H groups in total. The Morgan fingerprint density at radius 2 is 2.16 bits per heavy atom. The number of carbonyl (C=O) groups is 1. The van der Waals surface area contributed by atoms with E-state index in [-0.39, 0.29) is 17.9 Å². The molecule has 2 unspecified atom stereocenters. The number of aromatic nitrogens is 2. The second-order valence-corrected chi connectivity index (χ2v) is 6.91. The average Bonchev–Trinajstić information content (AvgIpc) is 3.08. The molecule has 1 aromatic carbocycles. The molecule has 2 aromatic rings. The number of likely N-dealkylation sites (N-methyl/N-ethyl adjacent to an activating group) is 1. The van der Waals surface area contributed by atoms with Crippen molar-refractivity contribution in [2.45, 2.75) is 25.3 Å². The molecule has 0 fully saturated rings. The predicted molar refractivity (Wildman–Crippen MR) is 96.5 cm³/mol. The van der Waals surface area contributed by atoms with Crippen molar-refractivity contribution in [3.05, 3.63) is 47.3 Å². The fraction of sp³-hybridized carbons (Fsp3) is 0.474. The molecule has 3 rings (SSSR count). The van der Waals surface area contributed by atoms with Crippen LogP contribution in [0, 0.1) is 5.92 Å². The summed E-state index contributed by atoms with van der Waals surface area (Å²) in [6, 6.07) is 7.85. The number of nitrogens with zero attached hydrogens (tertiary/aromatic N) is 2. The summed E-state index contributed by atoms with van der Waals surface area (Å²) in [6.45, 7) is 0.750. The molecule has 0 saturated heterocycles. The molecule has 1 aromatic heterocycles.